The van der Waals surface area contributed by atoms with E-state index >= 15 is 0 Å². The number of carbonyl (C=O) groups is 2. The Bertz CT molecular complexity index is 1230. The van der Waals surface area contributed by atoms with Crippen molar-refractivity contribution in [3.05, 3.63) is 108 Å². The van der Waals surface area contributed by atoms with Gasteiger partial charge < -0.3 is 9.32 Å². The van der Waals surface area contributed by atoms with E-state index in [-0.39, 0.29) is 24.4 Å². The van der Waals surface area contributed by atoms with Gasteiger partial charge in [0.1, 0.15) is 12.6 Å². The Morgan fingerprint density at radius 3 is 2.06 bits per heavy atom. The third kappa shape index (κ3) is 3.76. The Hall–Kier alpha value is -4.26. The predicted octanol–water partition coefficient (Wildman–Crippen LogP) is 4.44. The van der Waals surface area contributed by atoms with Gasteiger partial charge in [-0.25, -0.2) is 4.79 Å². The van der Waals surface area contributed by atoms with E-state index in [0.29, 0.717) is 12.4 Å². The monoisotopic (exact) mass is 424 g/mol. The summed E-state index contributed by atoms with van der Waals surface area (Å²) in [5, 5.41) is 8.11. The molecular weight excluding hydrogens is 404 g/mol. The molecule has 5 rings (SSSR count). The van der Waals surface area contributed by atoms with Gasteiger partial charge in [0.05, 0.1) is 0 Å². The minimum absolute atomic E-state index is 0.0773. The molecule has 158 valence electrons. The number of hydrogen-bond donors (Lipinski definition) is 0. The molecule has 32 heavy (non-hydrogen) atoms. The van der Waals surface area contributed by atoms with Gasteiger partial charge in [0, 0.05) is 12.1 Å². The van der Waals surface area contributed by atoms with Crippen LogP contribution in [0.15, 0.2) is 95.4 Å². The summed E-state index contributed by atoms with van der Waals surface area (Å²) in [6.07, 6.45) is 0. The number of nitrogens with zero attached hydrogens (tertiary/aromatic N) is 4. The Morgan fingerprint density at radius 2 is 1.38 bits per heavy atom. The highest BCUT2D eigenvalue weighted by molar-refractivity contribution is 6.04. The lowest BCUT2D eigenvalue weighted by Crippen LogP contribution is -2.32. The minimum atomic E-state index is -0.708. The summed E-state index contributed by atoms with van der Waals surface area (Å²) in [5.41, 5.74) is 2.48. The zero-order chi connectivity index (χ0) is 21.9. The molecule has 1 aliphatic rings. The van der Waals surface area contributed by atoms with E-state index in [1.54, 1.807) is 4.90 Å². The third-order valence-corrected chi connectivity index (χ3v) is 5.38. The minimum Gasteiger partial charge on any atom is -0.419 e. The average Bonchev–Trinajstić information content (AvgIpc) is 3.40. The molecular formula is C25H20N4O3. The summed E-state index contributed by atoms with van der Waals surface area (Å²) in [4.78, 5) is 29.5. The number of amides is 3. The molecule has 1 atom stereocenters. The molecule has 1 fully saturated rings. The van der Waals surface area contributed by atoms with E-state index in [0.717, 1.165) is 16.7 Å². The van der Waals surface area contributed by atoms with Gasteiger partial charge in [0.2, 0.25) is 11.8 Å². The summed E-state index contributed by atoms with van der Waals surface area (Å²) >= 11 is 0. The standard InChI is InChI=1S/C25H20N4O3/c30-24-22(19-12-6-2-7-13-19)28(16-18-10-4-1-5-11-18)25(31)29(24)17-21-26-27-23(32-21)20-14-8-3-9-15-20/h1-15,22H,16-17H2. The van der Waals surface area contributed by atoms with E-state index in [1.165, 1.54) is 4.90 Å². The Balaban J connectivity index is 1.43. The van der Waals surface area contributed by atoms with Crippen LogP contribution >= 0.6 is 0 Å². The fraction of sp³-hybridized carbons (Fsp3) is 0.120. The van der Waals surface area contributed by atoms with Crippen molar-refractivity contribution in [3.63, 3.8) is 0 Å². The van der Waals surface area contributed by atoms with Gasteiger partial charge in [0.25, 0.3) is 5.91 Å². The van der Waals surface area contributed by atoms with Crippen molar-refractivity contribution in [1.82, 2.24) is 20.0 Å². The lowest BCUT2D eigenvalue weighted by Gasteiger charge is -2.22. The number of rotatable bonds is 6. The normalized spacial score (nSPS) is 16.1. The molecule has 3 aromatic carbocycles. The van der Waals surface area contributed by atoms with Crippen LogP contribution in [0.5, 0.6) is 0 Å². The first-order valence-electron chi connectivity index (χ1n) is 10.3. The summed E-state index contributed by atoms with van der Waals surface area (Å²) in [7, 11) is 0. The molecule has 0 bridgehead atoms. The number of aromatic nitrogens is 2. The summed E-state index contributed by atoms with van der Waals surface area (Å²) in [5.74, 6) is 0.246. The largest absolute Gasteiger partial charge is 0.419 e. The number of urea groups is 1. The van der Waals surface area contributed by atoms with Crippen molar-refractivity contribution in [1.29, 1.82) is 0 Å². The molecule has 1 aliphatic heterocycles. The molecule has 1 aromatic heterocycles. The number of hydrogen-bond acceptors (Lipinski definition) is 5. The van der Waals surface area contributed by atoms with E-state index in [1.807, 2.05) is 91.0 Å². The smallest absolute Gasteiger partial charge is 0.328 e. The van der Waals surface area contributed by atoms with E-state index in [4.69, 9.17) is 4.42 Å². The van der Waals surface area contributed by atoms with Crippen molar-refractivity contribution in [2.24, 2.45) is 0 Å². The highest BCUT2D eigenvalue weighted by Crippen LogP contribution is 2.33. The van der Waals surface area contributed by atoms with Crippen molar-refractivity contribution in [3.8, 4) is 11.5 Å². The fourth-order valence-electron chi connectivity index (χ4n) is 3.83. The molecule has 0 aliphatic carbocycles. The highest BCUT2D eigenvalue weighted by Gasteiger charge is 2.46. The highest BCUT2D eigenvalue weighted by atomic mass is 16.4. The average molecular weight is 424 g/mol. The molecule has 0 radical (unpaired) electrons. The predicted molar refractivity (Wildman–Crippen MR) is 117 cm³/mol. The van der Waals surface area contributed by atoms with Crippen LogP contribution in [0.3, 0.4) is 0 Å². The van der Waals surface area contributed by atoms with Crippen molar-refractivity contribution < 1.29 is 14.0 Å². The molecule has 7 heteroatoms. The van der Waals surface area contributed by atoms with Crippen LogP contribution in [0.2, 0.25) is 0 Å². The lowest BCUT2D eigenvalue weighted by atomic mass is 10.1. The van der Waals surface area contributed by atoms with Gasteiger partial charge in [0.15, 0.2) is 0 Å². The quantitative estimate of drug-likeness (QED) is 0.428. The topological polar surface area (TPSA) is 79.5 Å². The molecule has 3 amide bonds. The SMILES string of the molecule is O=C1C(c2ccccc2)N(Cc2ccccc2)C(=O)N1Cc1nnc(-c2ccccc2)o1. The first-order valence-corrected chi connectivity index (χ1v) is 10.3. The maximum absolute atomic E-state index is 13.4. The number of carbonyl (C=O) groups excluding carboxylic acids is 2. The zero-order valence-electron chi connectivity index (χ0n) is 17.2. The molecule has 0 saturated carbocycles. The van der Waals surface area contributed by atoms with Gasteiger partial charge in [-0.2, -0.15) is 0 Å². The number of imide groups is 1. The van der Waals surface area contributed by atoms with Crippen LogP contribution in [0.1, 0.15) is 23.1 Å². The van der Waals surface area contributed by atoms with Gasteiger partial charge in [-0.3, -0.25) is 9.69 Å². The molecule has 1 unspecified atom stereocenters. The van der Waals surface area contributed by atoms with Gasteiger partial charge in [-0.15, -0.1) is 10.2 Å². The van der Waals surface area contributed by atoms with Crippen LogP contribution in [0, 0.1) is 0 Å². The van der Waals surface area contributed by atoms with Crippen molar-refractivity contribution in [2.75, 3.05) is 0 Å². The second kappa shape index (κ2) is 8.47. The van der Waals surface area contributed by atoms with Gasteiger partial charge >= 0.3 is 6.03 Å². The maximum Gasteiger partial charge on any atom is 0.328 e. The van der Waals surface area contributed by atoms with Crippen LogP contribution in [-0.4, -0.2) is 31.9 Å². The third-order valence-electron chi connectivity index (χ3n) is 5.38. The molecule has 4 aromatic rings. The summed E-state index contributed by atoms with van der Waals surface area (Å²) in [6.45, 7) is 0.243. The Morgan fingerprint density at radius 1 is 0.750 bits per heavy atom. The van der Waals surface area contributed by atoms with Gasteiger partial charge in [-0.1, -0.05) is 78.9 Å². The molecule has 1 saturated heterocycles. The van der Waals surface area contributed by atoms with Crippen LogP contribution in [0.25, 0.3) is 11.5 Å². The maximum atomic E-state index is 13.4. The van der Waals surface area contributed by atoms with E-state index in [9.17, 15) is 9.59 Å². The summed E-state index contributed by atoms with van der Waals surface area (Å²) in [6, 6.07) is 27.2. The van der Waals surface area contributed by atoms with Crippen molar-refractivity contribution in [2.45, 2.75) is 19.1 Å². The van der Waals surface area contributed by atoms with Crippen LogP contribution in [0.4, 0.5) is 4.79 Å². The fourth-order valence-corrected chi connectivity index (χ4v) is 3.83. The number of benzene rings is 3. The molecule has 0 N–H and O–H groups in total. The van der Waals surface area contributed by atoms with Crippen LogP contribution in [-0.2, 0) is 17.9 Å². The zero-order valence-corrected chi connectivity index (χ0v) is 17.2. The van der Waals surface area contributed by atoms with Gasteiger partial charge in [-0.05, 0) is 23.3 Å². The second-order valence-electron chi connectivity index (χ2n) is 7.50. The first-order chi connectivity index (χ1) is 15.7. The molecule has 7 nitrogen and oxygen atoms in total. The lowest BCUT2D eigenvalue weighted by molar-refractivity contribution is -0.129. The molecule has 2 heterocycles. The Kier molecular flexibility index (Phi) is 5.21. The second-order valence-corrected chi connectivity index (χ2v) is 7.50. The Labute approximate surface area is 184 Å². The summed E-state index contributed by atoms with van der Waals surface area (Å²) < 4.78 is 5.74. The van der Waals surface area contributed by atoms with Crippen LogP contribution < -0.4 is 0 Å². The van der Waals surface area contributed by atoms with Crippen molar-refractivity contribution >= 4 is 11.9 Å². The van der Waals surface area contributed by atoms with E-state index in [2.05, 4.69) is 10.2 Å². The molecule has 0 spiro atoms. The van der Waals surface area contributed by atoms with E-state index < -0.39 is 6.04 Å². The first kappa shape index (κ1) is 19.7.